The molecule has 1 atom stereocenters. The highest BCUT2D eigenvalue weighted by Gasteiger charge is 2.32. The lowest BCUT2D eigenvalue weighted by atomic mass is 9.82. The van der Waals surface area contributed by atoms with Gasteiger partial charge in [-0.15, -0.1) is 0 Å². The average Bonchev–Trinajstić information content (AvgIpc) is 2.80. The molecular weight excluding hydrogens is 412 g/mol. The van der Waals surface area contributed by atoms with Crippen molar-refractivity contribution in [1.29, 1.82) is 0 Å². The number of allylic oxidation sites excluding steroid dienone is 1. The monoisotopic (exact) mass is 444 g/mol. The van der Waals surface area contributed by atoms with E-state index in [9.17, 15) is 4.79 Å². The zero-order valence-corrected chi connectivity index (χ0v) is 20.0. The highest BCUT2D eigenvalue weighted by molar-refractivity contribution is 6.01. The summed E-state index contributed by atoms with van der Waals surface area (Å²) in [6, 6.07) is 11.9. The number of anilines is 1. The highest BCUT2D eigenvalue weighted by atomic mass is 16.5. The highest BCUT2D eigenvalue weighted by Crippen LogP contribution is 2.45. The minimum atomic E-state index is -0.313. The first-order valence-electron chi connectivity index (χ1n) is 11.7. The number of likely N-dealkylation sites (N-methyl/N-ethyl adjacent to an activating group) is 1. The van der Waals surface area contributed by atoms with Gasteiger partial charge in [0, 0.05) is 47.2 Å². The number of hydrogen-bond donors (Lipinski definition) is 2. The molecule has 2 aromatic rings. The van der Waals surface area contributed by atoms with Crippen LogP contribution in [0.5, 0.6) is 5.75 Å². The van der Waals surface area contributed by atoms with E-state index in [1.165, 1.54) is 0 Å². The Morgan fingerprint density at radius 3 is 2.52 bits per heavy atom. The van der Waals surface area contributed by atoms with E-state index < -0.39 is 0 Å². The maximum Gasteiger partial charge on any atom is 0.338 e. The molecule has 1 aliphatic carbocycles. The van der Waals surface area contributed by atoms with Crippen molar-refractivity contribution in [3.63, 3.8) is 0 Å². The average molecular weight is 445 g/mol. The summed E-state index contributed by atoms with van der Waals surface area (Å²) in [5.41, 5.74) is 8.88. The van der Waals surface area contributed by atoms with Gasteiger partial charge >= 0.3 is 5.97 Å². The predicted molar refractivity (Wildman–Crippen MR) is 134 cm³/mol. The summed E-state index contributed by atoms with van der Waals surface area (Å²) in [7, 11) is 0. The summed E-state index contributed by atoms with van der Waals surface area (Å²) in [4.78, 5) is 12.9. The van der Waals surface area contributed by atoms with E-state index >= 15 is 0 Å². The van der Waals surface area contributed by atoms with Crippen LogP contribution in [0.4, 0.5) is 5.69 Å². The van der Waals surface area contributed by atoms with Crippen LogP contribution in [0.1, 0.15) is 54.7 Å². The fraction of sp³-hybridized carbons (Fsp3) is 0.321. The van der Waals surface area contributed by atoms with Gasteiger partial charge in [0.15, 0.2) is 0 Å². The Bertz CT molecular complexity index is 1170. The molecule has 0 saturated carbocycles. The van der Waals surface area contributed by atoms with E-state index in [1.807, 2.05) is 31.2 Å². The molecule has 2 N–H and O–H groups in total. The minimum absolute atomic E-state index is 0.252. The molecule has 5 nitrogen and oxygen atoms in total. The van der Waals surface area contributed by atoms with Gasteiger partial charge in [0.25, 0.3) is 0 Å². The van der Waals surface area contributed by atoms with Crippen molar-refractivity contribution >= 4 is 17.2 Å². The number of hydrogen-bond acceptors (Lipinski definition) is 5. The molecule has 1 unspecified atom stereocenters. The van der Waals surface area contributed by atoms with Crippen molar-refractivity contribution in [3.05, 3.63) is 87.6 Å². The lowest BCUT2D eigenvalue weighted by Gasteiger charge is -2.33. The van der Waals surface area contributed by atoms with Gasteiger partial charge in [-0.1, -0.05) is 18.2 Å². The maximum atomic E-state index is 12.9. The number of aryl methyl sites for hydroxylation is 1. The Kier molecular flexibility index (Phi) is 6.59. The second-order valence-electron chi connectivity index (χ2n) is 8.27. The van der Waals surface area contributed by atoms with Gasteiger partial charge in [-0.3, -0.25) is 0 Å². The molecule has 0 spiro atoms. The van der Waals surface area contributed by atoms with Crippen LogP contribution in [0, 0.1) is 6.92 Å². The van der Waals surface area contributed by atoms with E-state index in [1.54, 1.807) is 0 Å². The molecule has 0 amide bonds. The summed E-state index contributed by atoms with van der Waals surface area (Å²) in [5.74, 6) is 0.492. The first-order valence-corrected chi connectivity index (χ1v) is 11.7. The molecule has 5 heteroatoms. The SMILES string of the molecule is CCNC1=CC2Oc3cc(NCC)c(C)cc3C(c3ccccc3C(=O)OCC)=C2C=C1C. The van der Waals surface area contributed by atoms with Gasteiger partial charge in [-0.2, -0.15) is 0 Å². The molecule has 0 radical (unpaired) electrons. The van der Waals surface area contributed by atoms with Crippen molar-refractivity contribution < 1.29 is 14.3 Å². The number of fused-ring (bicyclic) bond motifs is 2. The Balaban J connectivity index is 1.98. The van der Waals surface area contributed by atoms with E-state index in [2.05, 4.69) is 62.6 Å². The number of benzene rings is 2. The summed E-state index contributed by atoms with van der Waals surface area (Å²) >= 11 is 0. The quantitative estimate of drug-likeness (QED) is 0.543. The van der Waals surface area contributed by atoms with Gasteiger partial charge < -0.3 is 20.1 Å². The van der Waals surface area contributed by atoms with Gasteiger partial charge in [0.05, 0.1) is 12.2 Å². The Morgan fingerprint density at radius 1 is 1.03 bits per heavy atom. The molecule has 172 valence electrons. The second kappa shape index (κ2) is 9.57. The lowest BCUT2D eigenvalue weighted by molar-refractivity contribution is 0.0526. The van der Waals surface area contributed by atoms with Crippen LogP contribution in [-0.4, -0.2) is 31.8 Å². The van der Waals surface area contributed by atoms with Crippen molar-refractivity contribution in [2.45, 2.75) is 40.7 Å². The number of ether oxygens (including phenoxy) is 2. The first-order chi connectivity index (χ1) is 16.0. The Morgan fingerprint density at radius 2 is 1.79 bits per heavy atom. The van der Waals surface area contributed by atoms with E-state index in [4.69, 9.17) is 9.47 Å². The zero-order valence-electron chi connectivity index (χ0n) is 20.0. The molecule has 1 heterocycles. The second-order valence-corrected chi connectivity index (χ2v) is 8.27. The number of carbonyl (C=O) groups excluding carboxylic acids is 1. The van der Waals surface area contributed by atoms with Gasteiger partial charge in [-0.25, -0.2) is 4.79 Å². The van der Waals surface area contributed by atoms with Crippen molar-refractivity contribution in [1.82, 2.24) is 5.32 Å². The normalized spacial score (nSPS) is 16.7. The molecule has 4 rings (SSSR count). The number of nitrogens with one attached hydrogen (secondary N) is 2. The van der Waals surface area contributed by atoms with Crippen LogP contribution in [0.15, 0.2) is 65.4 Å². The first kappa shape index (κ1) is 22.7. The summed E-state index contributed by atoms with van der Waals surface area (Å²) in [5, 5.41) is 6.86. The smallest absolute Gasteiger partial charge is 0.338 e. The van der Waals surface area contributed by atoms with Crippen molar-refractivity contribution in [3.8, 4) is 5.75 Å². The van der Waals surface area contributed by atoms with E-state index in [0.29, 0.717) is 12.2 Å². The third-order valence-corrected chi connectivity index (χ3v) is 5.99. The maximum absolute atomic E-state index is 12.9. The Labute approximate surface area is 196 Å². The van der Waals surface area contributed by atoms with Crippen LogP contribution in [-0.2, 0) is 4.74 Å². The van der Waals surface area contributed by atoms with Crippen molar-refractivity contribution in [2.24, 2.45) is 0 Å². The van der Waals surface area contributed by atoms with E-state index in [-0.39, 0.29) is 12.1 Å². The molecule has 1 aliphatic heterocycles. The fourth-order valence-corrected chi connectivity index (χ4v) is 4.51. The number of rotatable bonds is 7. The molecule has 2 aliphatic rings. The molecular formula is C28H32N2O3. The van der Waals surface area contributed by atoms with Gasteiger partial charge in [0.1, 0.15) is 11.9 Å². The van der Waals surface area contributed by atoms with Gasteiger partial charge in [0.2, 0.25) is 0 Å². The molecule has 2 aromatic carbocycles. The third-order valence-electron chi connectivity index (χ3n) is 5.99. The molecule has 0 aromatic heterocycles. The molecule has 0 bridgehead atoms. The molecule has 0 saturated heterocycles. The van der Waals surface area contributed by atoms with Crippen LogP contribution in [0.2, 0.25) is 0 Å². The van der Waals surface area contributed by atoms with Crippen LogP contribution < -0.4 is 15.4 Å². The summed E-state index contributed by atoms with van der Waals surface area (Å²) in [6.07, 6.45) is 4.06. The zero-order chi connectivity index (χ0) is 23.5. The number of esters is 1. The largest absolute Gasteiger partial charge is 0.481 e. The van der Waals surface area contributed by atoms with E-state index in [0.717, 1.165) is 63.6 Å². The minimum Gasteiger partial charge on any atom is -0.481 e. The lowest BCUT2D eigenvalue weighted by Crippen LogP contribution is -2.29. The van der Waals surface area contributed by atoms with Crippen LogP contribution >= 0.6 is 0 Å². The predicted octanol–water partition coefficient (Wildman–Crippen LogP) is 5.62. The fourth-order valence-electron chi connectivity index (χ4n) is 4.51. The van der Waals surface area contributed by atoms with Crippen molar-refractivity contribution in [2.75, 3.05) is 25.0 Å². The van der Waals surface area contributed by atoms with Gasteiger partial charge in [-0.05, 0) is 75.6 Å². The molecule has 33 heavy (non-hydrogen) atoms. The van der Waals surface area contributed by atoms with Crippen LogP contribution in [0.25, 0.3) is 5.57 Å². The Hall–Kier alpha value is -3.47. The summed E-state index contributed by atoms with van der Waals surface area (Å²) < 4.78 is 11.9. The summed E-state index contributed by atoms with van der Waals surface area (Å²) in [6.45, 7) is 12.2. The standard InChI is InChI=1S/C28H32N2O3/c1-6-29-23-15-25-21(13-17(23)4)27(19-11-9-10-12-20(19)28(31)32-8-3)22-14-18(5)24(30-7-2)16-26(22)33-25/h9-16,25,29-30H,6-8H2,1-5H3. The molecule has 0 fully saturated rings. The van der Waals surface area contributed by atoms with Crippen LogP contribution in [0.3, 0.4) is 0 Å². The third kappa shape index (κ3) is 4.28. The number of carbonyl (C=O) groups is 1. The topological polar surface area (TPSA) is 59.6 Å².